The molecule has 0 spiro atoms. The number of aromatic amines is 1. The fraction of sp³-hybridized carbons (Fsp3) is 0.111. The normalized spacial score (nSPS) is 13.1. The lowest BCUT2D eigenvalue weighted by Gasteiger charge is -2.02. The number of carbonyl (C=O) groups excluding carboxylic acids is 1. The molecule has 1 aromatic heterocycles. The second-order valence-electron chi connectivity index (χ2n) is 5.43. The van der Waals surface area contributed by atoms with E-state index < -0.39 is 0 Å². The Bertz CT molecular complexity index is 1020. The van der Waals surface area contributed by atoms with E-state index in [0.29, 0.717) is 39.2 Å². The van der Waals surface area contributed by atoms with Gasteiger partial charge in [-0.2, -0.15) is 0 Å². The average molecular weight is 322 g/mol. The SMILES string of the molecule is COc1ccc2c(c1)C(=O)C(c1c(O)[nH]c3cc(OC)ccc13)=N2. The molecule has 0 radical (unpaired) electrons. The molecule has 0 amide bonds. The molecule has 2 aromatic carbocycles. The summed E-state index contributed by atoms with van der Waals surface area (Å²) >= 11 is 0. The number of hydrogen-bond acceptors (Lipinski definition) is 5. The van der Waals surface area contributed by atoms with Gasteiger partial charge in [0, 0.05) is 11.5 Å². The van der Waals surface area contributed by atoms with E-state index in [-0.39, 0.29) is 17.4 Å². The smallest absolute Gasteiger partial charge is 0.214 e. The number of ketones is 1. The molecule has 1 aliphatic heterocycles. The largest absolute Gasteiger partial charge is 0.497 e. The molecule has 2 N–H and O–H groups in total. The van der Waals surface area contributed by atoms with Crippen molar-refractivity contribution in [2.75, 3.05) is 14.2 Å². The highest BCUT2D eigenvalue weighted by atomic mass is 16.5. The first-order chi connectivity index (χ1) is 11.6. The van der Waals surface area contributed by atoms with Crippen molar-refractivity contribution >= 4 is 28.1 Å². The summed E-state index contributed by atoms with van der Waals surface area (Å²) in [4.78, 5) is 20.0. The van der Waals surface area contributed by atoms with Gasteiger partial charge in [0.1, 0.15) is 17.2 Å². The van der Waals surface area contributed by atoms with Gasteiger partial charge in [-0.15, -0.1) is 0 Å². The first-order valence-corrected chi connectivity index (χ1v) is 7.33. The lowest BCUT2D eigenvalue weighted by Crippen LogP contribution is -2.10. The highest BCUT2D eigenvalue weighted by Gasteiger charge is 2.30. The molecular formula is C18H14N2O4. The summed E-state index contributed by atoms with van der Waals surface area (Å²) in [5.74, 6) is 0.912. The Morgan fingerprint density at radius 3 is 2.50 bits per heavy atom. The summed E-state index contributed by atoms with van der Waals surface area (Å²) in [6.07, 6.45) is 0. The first-order valence-electron chi connectivity index (χ1n) is 7.33. The fourth-order valence-corrected chi connectivity index (χ4v) is 2.92. The molecule has 0 bridgehead atoms. The third-order valence-electron chi connectivity index (χ3n) is 4.12. The molecule has 0 saturated carbocycles. The van der Waals surface area contributed by atoms with Crippen LogP contribution in [0.25, 0.3) is 10.9 Å². The number of ether oxygens (including phenoxy) is 2. The molecule has 6 heteroatoms. The molecular weight excluding hydrogens is 308 g/mol. The quantitative estimate of drug-likeness (QED) is 0.775. The molecule has 0 saturated heterocycles. The number of carbonyl (C=O) groups is 1. The number of fused-ring (bicyclic) bond motifs is 2. The van der Waals surface area contributed by atoms with Crippen molar-refractivity contribution in [1.29, 1.82) is 0 Å². The molecule has 6 nitrogen and oxygen atoms in total. The summed E-state index contributed by atoms with van der Waals surface area (Å²) in [7, 11) is 3.11. The Balaban J connectivity index is 1.87. The second-order valence-corrected chi connectivity index (χ2v) is 5.43. The van der Waals surface area contributed by atoms with Gasteiger partial charge in [0.15, 0.2) is 5.88 Å². The minimum Gasteiger partial charge on any atom is -0.497 e. The van der Waals surface area contributed by atoms with Gasteiger partial charge in [-0.25, -0.2) is 4.99 Å². The Morgan fingerprint density at radius 1 is 1.04 bits per heavy atom. The molecule has 120 valence electrons. The molecule has 0 atom stereocenters. The number of nitrogens with one attached hydrogen (secondary N) is 1. The Labute approximate surface area is 137 Å². The van der Waals surface area contributed by atoms with Gasteiger partial charge in [-0.05, 0) is 30.3 Å². The monoisotopic (exact) mass is 322 g/mol. The highest BCUT2D eigenvalue weighted by Crippen LogP contribution is 2.37. The van der Waals surface area contributed by atoms with E-state index in [4.69, 9.17) is 9.47 Å². The minimum atomic E-state index is -0.240. The molecule has 0 unspecified atom stereocenters. The van der Waals surface area contributed by atoms with Crippen molar-refractivity contribution in [1.82, 2.24) is 4.98 Å². The Morgan fingerprint density at radius 2 is 1.75 bits per heavy atom. The van der Waals surface area contributed by atoms with Crippen LogP contribution in [0.2, 0.25) is 0 Å². The van der Waals surface area contributed by atoms with Crippen LogP contribution in [0.1, 0.15) is 15.9 Å². The number of rotatable bonds is 3. The number of methoxy groups -OCH3 is 2. The second kappa shape index (κ2) is 5.13. The van der Waals surface area contributed by atoms with E-state index in [2.05, 4.69) is 9.98 Å². The first kappa shape index (κ1) is 14.3. The lowest BCUT2D eigenvalue weighted by molar-refractivity contribution is 0.106. The van der Waals surface area contributed by atoms with Crippen molar-refractivity contribution in [2.24, 2.45) is 4.99 Å². The van der Waals surface area contributed by atoms with Crippen LogP contribution in [-0.2, 0) is 0 Å². The summed E-state index contributed by atoms with van der Waals surface area (Å²) in [5.41, 5.74) is 2.32. The van der Waals surface area contributed by atoms with E-state index in [9.17, 15) is 9.90 Å². The number of nitrogens with zero attached hydrogens (tertiary/aromatic N) is 1. The van der Waals surface area contributed by atoms with Crippen LogP contribution in [-0.4, -0.2) is 35.8 Å². The lowest BCUT2D eigenvalue weighted by atomic mass is 10.0. The van der Waals surface area contributed by atoms with Crippen LogP contribution in [0, 0.1) is 0 Å². The van der Waals surface area contributed by atoms with Crippen molar-refractivity contribution < 1.29 is 19.4 Å². The summed E-state index contributed by atoms with van der Waals surface area (Å²) in [6.45, 7) is 0. The van der Waals surface area contributed by atoms with Gasteiger partial charge < -0.3 is 19.6 Å². The van der Waals surface area contributed by atoms with Crippen LogP contribution >= 0.6 is 0 Å². The van der Waals surface area contributed by atoms with E-state index in [1.807, 2.05) is 0 Å². The molecule has 4 rings (SSSR count). The van der Waals surface area contributed by atoms with Crippen molar-refractivity contribution in [3.05, 3.63) is 47.5 Å². The molecule has 24 heavy (non-hydrogen) atoms. The number of hydrogen-bond donors (Lipinski definition) is 2. The van der Waals surface area contributed by atoms with Gasteiger partial charge >= 0.3 is 0 Å². The number of benzene rings is 2. The number of Topliss-reactive ketones (excluding diaryl/α,β-unsaturated/α-hetero) is 1. The Hall–Kier alpha value is -3.28. The molecule has 0 aliphatic carbocycles. The Kier molecular flexibility index (Phi) is 3.06. The van der Waals surface area contributed by atoms with Crippen molar-refractivity contribution in [3.63, 3.8) is 0 Å². The van der Waals surface area contributed by atoms with Crippen LogP contribution in [0.15, 0.2) is 41.4 Å². The highest BCUT2D eigenvalue weighted by molar-refractivity contribution is 6.56. The predicted octanol–water partition coefficient (Wildman–Crippen LogP) is 3.21. The maximum Gasteiger partial charge on any atom is 0.214 e. The summed E-state index contributed by atoms with van der Waals surface area (Å²) in [6, 6.07) is 10.5. The van der Waals surface area contributed by atoms with Gasteiger partial charge in [0.25, 0.3) is 0 Å². The minimum absolute atomic E-state index is 0.0925. The molecule has 2 heterocycles. The maximum atomic E-state index is 12.7. The van der Waals surface area contributed by atoms with Gasteiger partial charge in [-0.1, -0.05) is 0 Å². The van der Waals surface area contributed by atoms with Crippen molar-refractivity contribution in [2.45, 2.75) is 0 Å². The summed E-state index contributed by atoms with van der Waals surface area (Å²) in [5, 5.41) is 11.0. The average Bonchev–Trinajstić information content (AvgIpc) is 3.09. The zero-order valence-corrected chi connectivity index (χ0v) is 13.1. The predicted molar refractivity (Wildman–Crippen MR) is 90.0 cm³/mol. The van der Waals surface area contributed by atoms with Gasteiger partial charge in [0.2, 0.25) is 5.78 Å². The standard InChI is InChI=1S/C18H14N2O4/c1-23-9-4-6-13-12(7-9)17(21)16(19-13)15-11-5-3-10(24-2)8-14(11)20-18(15)22/h3-8,20,22H,1-2H3. The summed E-state index contributed by atoms with van der Waals surface area (Å²) < 4.78 is 10.3. The van der Waals surface area contributed by atoms with E-state index in [1.54, 1.807) is 50.6 Å². The topological polar surface area (TPSA) is 83.9 Å². The van der Waals surface area contributed by atoms with Crippen LogP contribution < -0.4 is 9.47 Å². The van der Waals surface area contributed by atoms with Crippen molar-refractivity contribution in [3.8, 4) is 17.4 Å². The molecule has 0 fully saturated rings. The van der Waals surface area contributed by atoms with E-state index in [0.717, 1.165) is 0 Å². The van der Waals surface area contributed by atoms with Gasteiger partial charge in [0.05, 0.1) is 36.6 Å². The number of aliphatic imine (C=N–C) groups is 1. The van der Waals surface area contributed by atoms with Crippen LogP contribution in [0.5, 0.6) is 17.4 Å². The van der Waals surface area contributed by atoms with Gasteiger partial charge in [-0.3, -0.25) is 4.79 Å². The fourth-order valence-electron chi connectivity index (χ4n) is 2.92. The number of aromatic hydroxyl groups is 1. The maximum absolute atomic E-state index is 12.7. The van der Waals surface area contributed by atoms with Crippen LogP contribution in [0.4, 0.5) is 5.69 Å². The number of aromatic nitrogens is 1. The number of H-pyrrole nitrogens is 1. The zero-order valence-electron chi connectivity index (χ0n) is 13.1. The zero-order chi connectivity index (χ0) is 16.8. The molecule has 1 aliphatic rings. The van der Waals surface area contributed by atoms with Crippen LogP contribution in [0.3, 0.4) is 0 Å². The van der Waals surface area contributed by atoms with E-state index >= 15 is 0 Å². The molecule has 3 aromatic rings. The third-order valence-corrected chi connectivity index (χ3v) is 4.12. The van der Waals surface area contributed by atoms with E-state index in [1.165, 1.54) is 0 Å². The third kappa shape index (κ3) is 1.96.